The van der Waals surface area contributed by atoms with Gasteiger partial charge in [-0.15, -0.1) is 24.0 Å². The Balaban J connectivity index is 0.00000529. The zero-order valence-corrected chi connectivity index (χ0v) is 17.6. The molecule has 0 aliphatic carbocycles. The lowest BCUT2D eigenvalue weighted by atomic mass is 10.3. The topological polar surface area (TPSA) is 66.4 Å². The van der Waals surface area contributed by atoms with E-state index in [-0.39, 0.29) is 30.1 Å². The number of nitrogens with zero attached hydrogens (tertiary/aromatic N) is 3. The van der Waals surface area contributed by atoms with Gasteiger partial charge < -0.3 is 24.6 Å². The largest absolute Gasteiger partial charge is 0.450 e. The molecule has 24 heavy (non-hydrogen) atoms. The van der Waals surface area contributed by atoms with Crippen molar-refractivity contribution in [2.24, 2.45) is 4.99 Å². The maximum atomic E-state index is 11.7. The molecule has 0 aromatic heterocycles. The molecule has 1 saturated heterocycles. The molecule has 0 unspecified atom stereocenters. The molecule has 0 bridgehead atoms. The number of rotatable bonds is 8. The number of hydrogen-bond donors (Lipinski definition) is 1. The molecule has 1 rings (SSSR count). The molecule has 0 radical (unpaired) electrons. The highest BCUT2D eigenvalue weighted by molar-refractivity contribution is 14.0. The maximum Gasteiger partial charge on any atom is 0.409 e. The Morgan fingerprint density at radius 2 is 1.71 bits per heavy atom. The van der Waals surface area contributed by atoms with Crippen molar-refractivity contribution in [3.63, 3.8) is 0 Å². The number of amides is 1. The van der Waals surface area contributed by atoms with Crippen LogP contribution in [0.1, 0.15) is 33.1 Å². The van der Waals surface area contributed by atoms with Crippen LogP contribution in [0.25, 0.3) is 0 Å². The van der Waals surface area contributed by atoms with Crippen molar-refractivity contribution >= 4 is 36.0 Å². The first-order chi connectivity index (χ1) is 11.2. The number of guanidine groups is 1. The van der Waals surface area contributed by atoms with Crippen molar-refractivity contribution in [3.05, 3.63) is 0 Å². The molecule has 0 aromatic carbocycles. The zero-order valence-electron chi connectivity index (χ0n) is 15.3. The van der Waals surface area contributed by atoms with Crippen molar-refractivity contribution in [2.45, 2.75) is 33.1 Å². The molecule has 1 aliphatic rings. The van der Waals surface area contributed by atoms with Gasteiger partial charge in [0.1, 0.15) is 0 Å². The maximum absolute atomic E-state index is 11.7. The van der Waals surface area contributed by atoms with Crippen molar-refractivity contribution in [1.82, 2.24) is 15.1 Å². The second-order valence-corrected chi connectivity index (χ2v) is 5.47. The summed E-state index contributed by atoms with van der Waals surface area (Å²) < 4.78 is 10.6. The quantitative estimate of drug-likeness (QED) is 0.263. The van der Waals surface area contributed by atoms with Gasteiger partial charge in [-0.2, -0.15) is 0 Å². The Morgan fingerprint density at radius 1 is 1.08 bits per heavy atom. The lowest BCUT2D eigenvalue weighted by Gasteiger charge is -2.35. The molecule has 0 spiro atoms. The van der Waals surface area contributed by atoms with E-state index in [1.165, 1.54) is 6.42 Å². The molecule has 1 fully saturated rings. The number of nitrogens with one attached hydrogen (secondary N) is 1. The third kappa shape index (κ3) is 8.91. The summed E-state index contributed by atoms with van der Waals surface area (Å²) in [6, 6.07) is 0. The summed E-state index contributed by atoms with van der Waals surface area (Å²) in [5.74, 6) is 0.891. The molecule has 0 aromatic rings. The SMILES string of the molecule is CCCCOCCCNC(=NC)N1CCN(C(=O)OCC)CC1.I. The van der Waals surface area contributed by atoms with Crippen molar-refractivity contribution in [2.75, 3.05) is 59.6 Å². The van der Waals surface area contributed by atoms with E-state index in [0.29, 0.717) is 19.7 Å². The molecule has 0 atom stereocenters. The van der Waals surface area contributed by atoms with Crippen LogP contribution >= 0.6 is 24.0 Å². The Kier molecular flexibility index (Phi) is 14.1. The number of unbranched alkanes of at least 4 members (excludes halogenated alkanes) is 1. The molecule has 1 amide bonds. The van der Waals surface area contributed by atoms with Gasteiger partial charge in [-0.25, -0.2) is 4.79 Å². The minimum absolute atomic E-state index is 0. The molecule has 1 aliphatic heterocycles. The van der Waals surface area contributed by atoms with Crippen LogP contribution in [-0.2, 0) is 9.47 Å². The Morgan fingerprint density at radius 3 is 2.29 bits per heavy atom. The zero-order chi connectivity index (χ0) is 16.9. The fourth-order valence-corrected chi connectivity index (χ4v) is 2.37. The highest BCUT2D eigenvalue weighted by atomic mass is 127. The van der Waals surface area contributed by atoms with E-state index in [1.807, 2.05) is 6.92 Å². The lowest BCUT2D eigenvalue weighted by Crippen LogP contribution is -2.54. The summed E-state index contributed by atoms with van der Waals surface area (Å²) in [6.45, 7) is 9.75. The van der Waals surface area contributed by atoms with Gasteiger partial charge in [-0.1, -0.05) is 13.3 Å². The van der Waals surface area contributed by atoms with E-state index < -0.39 is 0 Å². The van der Waals surface area contributed by atoms with E-state index >= 15 is 0 Å². The molecule has 8 heteroatoms. The molecular weight excluding hydrogens is 423 g/mol. The Labute approximate surface area is 163 Å². The average Bonchev–Trinajstić information content (AvgIpc) is 2.58. The smallest absolute Gasteiger partial charge is 0.409 e. The minimum Gasteiger partial charge on any atom is -0.450 e. The van der Waals surface area contributed by atoms with Gasteiger partial charge in [0.05, 0.1) is 6.61 Å². The summed E-state index contributed by atoms with van der Waals surface area (Å²) >= 11 is 0. The number of carbonyl (C=O) groups is 1. The van der Waals surface area contributed by atoms with Crippen LogP contribution in [0, 0.1) is 0 Å². The van der Waals surface area contributed by atoms with E-state index in [4.69, 9.17) is 9.47 Å². The molecule has 1 heterocycles. The number of halogens is 1. The fraction of sp³-hybridized carbons (Fsp3) is 0.875. The van der Waals surface area contributed by atoms with E-state index in [2.05, 4.69) is 22.1 Å². The molecule has 0 saturated carbocycles. The van der Waals surface area contributed by atoms with Crippen molar-refractivity contribution in [1.29, 1.82) is 0 Å². The lowest BCUT2D eigenvalue weighted by molar-refractivity contribution is 0.0913. The van der Waals surface area contributed by atoms with Crippen molar-refractivity contribution < 1.29 is 14.3 Å². The van der Waals surface area contributed by atoms with Crippen LogP contribution in [0.15, 0.2) is 4.99 Å². The van der Waals surface area contributed by atoms with Crippen LogP contribution < -0.4 is 5.32 Å². The second-order valence-electron chi connectivity index (χ2n) is 5.47. The summed E-state index contributed by atoms with van der Waals surface area (Å²) in [5.41, 5.74) is 0. The van der Waals surface area contributed by atoms with Crippen LogP contribution in [-0.4, -0.2) is 81.4 Å². The second kappa shape index (κ2) is 14.6. The normalized spacial score (nSPS) is 15.0. The predicted octanol–water partition coefficient (Wildman–Crippen LogP) is 2.16. The molecule has 1 N–H and O–H groups in total. The average molecular weight is 456 g/mol. The summed E-state index contributed by atoms with van der Waals surface area (Å²) in [6.07, 6.45) is 3.04. The highest BCUT2D eigenvalue weighted by Gasteiger charge is 2.23. The predicted molar refractivity (Wildman–Crippen MR) is 107 cm³/mol. The highest BCUT2D eigenvalue weighted by Crippen LogP contribution is 2.04. The van der Waals surface area contributed by atoms with Crippen molar-refractivity contribution in [3.8, 4) is 0 Å². The third-order valence-electron chi connectivity index (χ3n) is 3.71. The first-order valence-corrected chi connectivity index (χ1v) is 8.67. The molecular formula is C16H33IN4O3. The van der Waals surface area contributed by atoms with Crippen LogP contribution in [0.5, 0.6) is 0 Å². The third-order valence-corrected chi connectivity index (χ3v) is 3.71. The summed E-state index contributed by atoms with van der Waals surface area (Å²) in [7, 11) is 1.79. The van der Waals surface area contributed by atoms with Crippen LogP contribution in [0.2, 0.25) is 0 Å². The molecule has 7 nitrogen and oxygen atoms in total. The monoisotopic (exact) mass is 456 g/mol. The number of ether oxygens (including phenoxy) is 2. The van der Waals surface area contributed by atoms with Gasteiger partial charge >= 0.3 is 6.09 Å². The van der Waals surface area contributed by atoms with Gasteiger partial charge in [0.25, 0.3) is 0 Å². The molecule has 142 valence electrons. The van der Waals surface area contributed by atoms with Gasteiger partial charge in [-0.3, -0.25) is 4.99 Å². The first-order valence-electron chi connectivity index (χ1n) is 8.67. The van der Waals surface area contributed by atoms with Gasteiger partial charge in [0.2, 0.25) is 0 Å². The van der Waals surface area contributed by atoms with Gasteiger partial charge in [0, 0.05) is 53.0 Å². The summed E-state index contributed by atoms with van der Waals surface area (Å²) in [4.78, 5) is 19.9. The van der Waals surface area contributed by atoms with Crippen LogP contribution in [0.3, 0.4) is 0 Å². The van der Waals surface area contributed by atoms with E-state index in [0.717, 1.165) is 51.6 Å². The fourth-order valence-electron chi connectivity index (χ4n) is 2.37. The Bertz CT molecular complexity index is 361. The van der Waals surface area contributed by atoms with E-state index in [1.54, 1.807) is 11.9 Å². The van der Waals surface area contributed by atoms with Crippen LogP contribution in [0.4, 0.5) is 4.79 Å². The van der Waals surface area contributed by atoms with E-state index in [9.17, 15) is 4.79 Å². The summed E-state index contributed by atoms with van der Waals surface area (Å²) in [5, 5.41) is 3.36. The number of carbonyl (C=O) groups excluding carboxylic acids is 1. The standard InChI is InChI=1S/C16H32N4O3.HI/c1-4-6-13-22-14-7-8-18-15(17-3)19-9-11-20(12-10-19)16(21)23-5-2;/h4-14H2,1-3H3,(H,17,18);1H. The number of hydrogen-bond acceptors (Lipinski definition) is 4. The number of aliphatic imine (C=N–C) groups is 1. The Hall–Kier alpha value is -0.770. The van der Waals surface area contributed by atoms with Gasteiger partial charge in [0.15, 0.2) is 5.96 Å². The minimum atomic E-state index is -0.223. The van der Waals surface area contributed by atoms with Gasteiger partial charge in [-0.05, 0) is 19.8 Å². The first kappa shape index (κ1) is 23.2. The number of piperazine rings is 1.